The van der Waals surface area contributed by atoms with Crippen molar-refractivity contribution in [2.24, 2.45) is 0 Å². The van der Waals surface area contributed by atoms with E-state index in [0.717, 1.165) is 5.56 Å². The number of hydrogen-bond acceptors (Lipinski definition) is 4. The maximum atomic E-state index is 12.2. The number of hydrogen-bond donors (Lipinski definition) is 0. The molecule has 1 aromatic heterocycles. The molecule has 0 saturated carbocycles. The van der Waals surface area contributed by atoms with Crippen LogP contribution in [0.4, 0.5) is 0 Å². The first-order chi connectivity index (χ1) is 10.9. The van der Waals surface area contributed by atoms with E-state index in [2.05, 4.69) is 0 Å². The van der Waals surface area contributed by atoms with E-state index in [4.69, 9.17) is 32.4 Å². The number of ether oxygens (including phenoxy) is 1. The van der Waals surface area contributed by atoms with Crippen LogP contribution in [0, 0.1) is 6.92 Å². The molecule has 0 saturated heterocycles. The van der Waals surface area contributed by atoms with Gasteiger partial charge < -0.3 is 9.15 Å². The quantitative estimate of drug-likeness (QED) is 0.385. The van der Waals surface area contributed by atoms with Crippen LogP contribution in [0.2, 0.25) is 10.0 Å². The summed E-state index contributed by atoms with van der Waals surface area (Å²) in [4.78, 5) is 24.2. The van der Waals surface area contributed by atoms with Crippen LogP contribution in [0.25, 0.3) is 11.0 Å². The predicted molar refractivity (Wildman–Crippen MR) is 88.6 cm³/mol. The Balaban J connectivity index is 2.02. The van der Waals surface area contributed by atoms with Crippen molar-refractivity contribution in [3.8, 4) is 5.75 Å². The molecule has 0 unspecified atom stereocenters. The Bertz CT molecular complexity index is 976. The number of carbonyl (C=O) groups is 1. The van der Waals surface area contributed by atoms with Gasteiger partial charge in [-0.3, -0.25) is 0 Å². The van der Waals surface area contributed by atoms with Crippen LogP contribution in [0.3, 0.4) is 0 Å². The zero-order valence-corrected chi connectivity index (χ0v) is 13.4. The van der Waals surface area contributed by atoms with Gasteiger partial charge in [-0.1, -0.05) is 34.8 Å². The van der Waals surface area contributed by atoms with Crippen molar-refractivity contribution in [3.05, 3.63) is 74.1 Å². The monoisotopic (exact) mass is 348 g/mol. The second kappa shape index (κ2) is 6.07. The minimum absolute atomic E-state index is 0.0768. The second-order valence-electron chi connectivity index (χ2n) is 4.95. The number of esters is 1. The highest BCUT2D eigenvalue weighted by Gasteiger charge is 2.17. The number of fused-ring (bicyclic) bond motifs is 1. The van der Waals surface area contributed by atoms with E-state index in [0.29, 0.717) is 16.0 Å². The van der Waals surface area contributed by atoms with Gasteiger partial charge in [0, 0.05) is 16.5 Å². The Morgan fingerprint density at radius 3 is 2.65 bits per heavy atom. The van der Waals surface area contributed by atoms with E-state index in [1.54, 1.807) is 18.2 Å². The topological polar surface area (TPSA) is 56.5 Å². The Morgan fingerprint density at radius 2 is 1.87 bits per heavy atom. The minimum atomic E-state index is -0.855. The summed E-state index contributed by atoms with van der Waals surface area (Å²) in [6.45, 7) is 1.90. The third-order valence-electron chi connectivity index (χ3n) is 3.20. The van der Waals surface area contributed by atoms with E-state index in [9.17, 15) is 9.59 Å². The molecule has 0 atom stereocenters. The van der Waals surface area contributed by atoms with Gasteiger partial charge in [-0.2, -0.15) is 0 Å². The van der Waals surface area contributed by atoms with Gasteiger partial charge in [0.05, 0.1) is 5.02 Å². The first-order valence-corrected chi connectivity index (χ1v) is 7.41. The first-order valence-electron chi connectivity index (χ1n) is 6.66. The lowest BCUT2D eigenvalue weighted by Gasteiger charge is -2.06. The Morgan fingerprint density at radius 1 is 1.09 bits per heavy atom. The van der Waals surface area contributed by atoms with Gasteiger partial charge >= 0.3 is 11.6 Å². The molecule has 0 fully saturated rings. The van der Waals surface area contributed by atoms with Gasteiger partial charge in [0.1, 0.15) is 11.1 Å². The lowest BCUT2D eigenvalue weighted by Crippen LogP contribution is -2.18. The molecule has 0 spiro atoms. The molecule has 0 amide bonds. The predicted octanol–water partition coefficient (Wildman–Crippen LogP) is 4.63. The van der Waals surface area contributed by atoms with E-state index in [-0.39, 0.29) is 16.3 Å². The Hall–Kier alpha value is -2.30. The molecule has 0 bridgehead atoms. The summed E-state index contributed by atoms with van der Waals surface area (Å²) < 4.78 is 10.3. The molecular weight excluding hydrogens is 339 g/mol. The van der Waals surface area contributed by atoms with Gasteiger partial charge in [-0.15, -0.1) is 0 Å². The van der Waals surface area contributed by atoms with E-state index in [1.807, 2.05) is 13.0 Å². The SMILES string of the molecule is Cc1ccc2oc(=O)c(C(=O)Oc3cc(Cl)ccc3Cl)cc2c1. The molecular formula is C17H10Cl2O4. The fourth-order valence-electron chi connectivity index (χ4n) is 2.10. The smallest absolute Gasteiger partial charge is 0.351 e. The van der Waals surface area contributed by atoms with Gasteiger partial charge in [-0.05, 0) is 37.3 Å². The van der Waals surface area contributed by atoms with Crippen molar-refractivity contribution in [2.45, 2.75) is 6.92 Å². The third-order valence-corrected chi connectivity index (χ3v) is 3.75. The van der Waals surface area contributed by atoms with Crippen molar-refractivity contribution < 1.29 is 13.9 Å². The van der Waals surface area contributed by atoms with Crippen molar-refractivity contribution in [2.75, 3.05) is 0 Å². The fourth-order valence-corrected chi connectivity index (χ4v) is 2.41. The number of aryl methyl sites for hydroxylation is 1. The lowest BCUT2D eigenvalue weighted by atomic mass is 10.1. The highest BCUT2D eigenvalue weighted by Crippen LogP contribution is 2.28. The summed E-state index contributed by atoms with van der Waals surface area (Å²) in [6.07, 6.45) is 0. The van der Waals surface area contributed by atoms with Gasteiger partial charge in [-0.25, -0.2) is 9.59 Å². The number of rotatable bonds is 2. The molecule has 0 N–H and O–H groups in total. The van der Waals surface area contributed by atoms with Crippen LogP contribution in [0.1, 0.15) is 15.9 Å². The zero-order chi connectivity index (χ0) is 16.6. The van der Waals surface area contributed by atoms with Crippen molar-refractivity contribution in [3.63, 3.8) is 0 Å². The number of halogens is 2. The van der Waals surface area contributed by atoms with Crippen molar-refractivity contribution >= 4 is 40.1 Å². The summed E-state index contributed by atoms with van der Waals surface area (Å²) in [7, 11) is 0. The molecule has 3 rings (SSSR count). The maximum absolute atomic E-state index is 12.2. The standard InChI is InChI=1S/C17H10Cl2O4/c1-9-2-5-14-10(6-9)7-12(16(20)22-14)17(21)23-15-8-11(18)3-4-13(15)19/h2-8H,1H3. The van der Waals surface area contributed by atoms with Gasteiger partial charge in [0.15, 0.2) is 5.75 Å². The highest BCUT2D eigenvalue weighted by molar-refractivity contribution is 6.34. The van der Waals surface area contributed by atoms with Crippen LogP contribution < -0.4 is 10.4 Å². The van der Waals surface area contributed by atoms with Crippen LogP contribution in [0.15, 0.2) is 51.7 Å². The molecule has 4 nitrogen and oxygen atoms in total. The van der Waals surface area contributed by atoms with E-state index in [1.165, 1.54) is 18.2 Å². The first kappa shape index (κ1) is 15.6. The van der Waals surface area contributed by atoms with Crippen molar-refractivity contribution in [1.82, 2.24) is 0 Å². The molecule has 3 aromatic rings. The minimum Gasteiger partial charge on any atom is -0.422 e. The molecule has 0 aliphatic rings. The maximum Gasteiger partial charge on any atom is 0.351 e. The lowest BCUT2D eigenvalue weighted by molar-refractivity contribution is 0.0730. The summed E-state index contributed by atoms with van der Waals surface area (Å²) in [5, 5.41) is 1.20. The molecule has 6 heteroatoms. The Labute approximate surface area is 141 Å². The molecule has 116 valence electrons. The molecule has 23 heavy (non-hydrogen) atoms. The average molecular weight is 349 g/mol. The molecule has 0 radical (unpaired) electrons. The van der Waals surface area contributed by atoms with Gasteiger partial charge in [0.2, 0.25) is 0 Å². The molecule has 1 heterocycles. The van der Waals surface area contributed by atoms with Gasteiger partial charge in [0.25, 0.3) is 0 Å². The summed E-state index contributed by atoms with van der Waals surface area (Å²) >= 11 is 11.8. The fraction of sp³-hybridized carbons (Fsp3) is 0.0588. The van der Waals surface area contributed by atoms with Crippen molar-refractivity contribution in [1.29, 1.82) is 0 Å². The van der Waals surface area contributed by atoms with Crippen LogP contribution in [-0.2, 0) is 0 Å². The summed E-state index contributed by atoms with van der Waals surface area (Å²) in [5.41, 5.74) is 0.394. The van der Waals surface area contributed by atoms with Crippen LogP contribution in [0.5, 0.6) is 5.75 Å². The molecule has 0 aliphatic heterocycles. The molecule has 0 aliphatic carbocycles. The largest absolute Gasteiger partial charge is 0.422 e. The average Bonchev–Trinajstić information content (AvgIpc) is 2.50. The normalized spacial score (nSPS) is 10.7. The number of carbonyl (C=O) groups excluding carboxylic acids is 1. The summed E-state index contributed by atoms with van der Waals surface area (Å²) in [6, 6.07) is 11.2. The third kappa shape index (κ3) is 3.23. The highest BCUT2D eigenvalue weighted by atomic mass is 35.5. The Kier molecular flexibility index (Phi) is 4.11. The zero-order valence-electron chi connectivity index (χ0n) is 11.9. The van der Waals surface area contributed by atoms with E-state index >= 15 is 0 Å². The van der Waals surface area contributed by atoms with E-state index < -0.39 is 11.6 Å². The molecule has 2 aromatic carbocycles. The van der Waals surface area contributed by atoms with Crippen LogP contribution >= 0.6 is 23.2 Å². The second-order valence-corrected chi connectivity index (χ2v) is 5.80. The number of benzene rings is 2. The summed E-state index contributed by atoms with van der Waals surface area (Å²) in [5.74, 6) is -0.778. The van der Waals surface area contributed by atoms with Crippen LogP contribution in [-0.4, -0.2) is 5.97 Å².